The molecule has 6 heteroatoms. The lowest BCUT2D eigenvalue weighted by atomic mass is 9.90. The third kappa shape index (κ3) is 4.22. The molecule has 0 bridgehead atoms. The smallest absolute Gasteiger partial charge is 0.406 e. The minimum atomic E-state index is -4.76. The normalized spacial score (nSPS) is 12.7. The van der Waals surface area contributed by atoms with Gasteiger partial charge in [0.05, 0.1) is 0 Å². The molecular formula is C23H16F3NO2. The summed E-state index contributed by atoms with van der Waals surface area (Å²) in [4.78, 5) is 4.16. The monoisotopic (exact) mass is 395 g/mol. The zero-order valence-electron chi connectivity index (χ0n) is 15.1. The van der Waals surface area contributed by atoms with Crippen LogP contribution in [0.15, 0.2) is 85.2 Å². The summed E-state index contributed by atoms with van der Waals surface area (Å²) in [5.41, 5.74) is 2.74. The number of aliphatic hydroxyl groups is 1. The average molecular weight is 395 g/mol. The predicted molar refractivity (Wildman–Crippen MR) is 104 cm³/mol. The van der Waals surface area contributed by atoms with Crippen LogP contribution >= 0.6 is 0 Å². The van der Waals surface area contributed by atoms with E-state index in [1.807, 2.05) is 48.5 Å². The van der Waals surface area contributed by atoms with Crippen LogP contribution in [0.25, 0.3) is 21.9 Å². The van der Waals surface area contributed by atoms with Crippen LogP contribution in [-0.2, 0) is 0 Å². The number of ether oxygens (including phenoxy) is 1. The Bertz CT molecular complexity index is 1130. The van der Waals surface area contributed by atoms with Crippen molar-refractivity contribution in [3.05, 3.63) is 96.3 Å². The summed E-state index contributed by atoms with van der Waals surface area (Å²) in [6, 6.07) is 20.6. The van der Waals surface area contributed by atoms with Crippen molar-refractivity contribution in [2.75, 3.05) is 0 Å². The number of benzene rings is 3. The lowest BCUT2D eigenvalue weighted by Crippen LogP contribution is -2.17. The highest BCUT2D eigenvalue weighted by Crippen LogP contribution is 2.35. The molecule has 0 spiro atoms. The van der Waals surface area contributed by atoms with E-state index in [-0.39, 0.29) is 5.75 Å². The van der Waals surface area contributed by atoms with Gasteiger partial charge >= 0.3 is 6.36 Å². The number of halogens is 3. The quantitative estimate of drug-likeness (QED) is 0.469. The fourth-order valence-electron chi connectivity index (χ4n) is 3.29. The van der Waals surface area contributed by atoms with E-state index in [0.29, 0.717) is 11.1 Å². The Balaban J connectivity index is 1.77. The molecule has 3 aromatic carbocycles. The highest BCUT2D eigenvalue weighted by molar-refractivity contribution is 5.89. The first-order chi connectivity index (χ1) is 13.9. The number of aliphatic hydroxyl groups excluding tert-OH is 1. The van der Waals surface area contributed by atoms with Crippen molar-refractivity contribution >= 4 is 10.8 Å². The van der Waals surface area contributed by atoms with Crippen molar-refractivity contribution in [1.29, 1.82) is 0 Å². The van der Waals surface area contributed by atoms with Gasteiger partial charge in [-0.25, -0.2) is 0 Å². The summed E-state index contributed by atoms with van der Waals surface area (Å²) in [6.45, 7) is 0. The number of hydrogen-bond donors (Lipinski definition) is 1. The van der Waals surface area contributed by atoms with Gasteiger partial charge in [-0.15, -0.1) is 13.2 Å². The van der Waals surface area contributed by atoms with Gasteiger partial charge in [0.25, 0.3) is 0 Å². The van der Waals surface area contributed by atoms with Crippen LogP contribution < -0.4 is 4.74 Å². The summed E-state index contributed by atoms with van der Waals surface area (Å²) >= 11 is 0. The maximum atomic E-state index is 12.4. The summed E-state index contributed by atoms with van der Waals surface area (Å²) < 4.78 is 41.0. The van der Waals surface area contributed by atoms with E-state index in [1.54, 1.807) is 12.4 Å². The summed E-state index contributed by atoms with van der Waals surface area (Å²) in [5.74, 6) is -0.334. The summed E-state index contributed by atoms with van der Waals surface area (Å²) in [5, 5.41) is 13.0. The highest BCUT2D eigenvalue weighted by atomic mass is 19.4. The summed E-state index contributed by atoms with van der Waals surface area (Å²) in [6.07, 6.45) is -2.42. The van der Waals surface area contributed by atoms with Gasteiger partial charge in [0.1, 0.15) is 11.9 Å². The second-order valence-corrected chi connectivity index (χ2v) is 6.55. The van der Waals surface area contributed by atoms with Crippen molar-refractivity contribution in [2.45, 2.75) is 12.5 Å². The standard InChI is InChI=1S/C23H16F3NO2/c24-23(25,26)29-19-9-7-15(8-10-19)22(28)21-13-17-5-2-1-4-16(17)12-20(21)18-6-3-11-27-14-18/h1-14,22,28H. The van der Waals surface area contributed by atoms with Crippen LogP contribution in [0, 0.1) is 0 Å². The molecular weight excluding hydrogens is 379 g/mol. The fraction of sp³-hybridized carbons (Fsp3) is 0.0870. The molecule has 0 amide bonds. The van der Waals surface area contributed by atoms with Crippen molar-refractivity contribution in [2.24, 2.45) is 0 Å². The number of nitrogens with zero attached hydrogens (tertiary/aromatic N) is 1. The zero-order chi connectivity index (χ0) is 20.4. The molecule has 0 fully saturated rings. The third-order valence-electron chi connectivity index (χ3n) is 4.61. The Morgan fingerprint density at radius 2 is 1.55 bits per heavy atom. The van der Waals surface area contributed by atoms with E-state index in [1.165, 1.54) is 24.3 Å². The number of hydrogen-bond acceptors (Lipinski definition) is 3. The molecule has 0 aliphatic carbocycles. The highest BCUT2D eigenvalue weighted by Gasteiger charge is 2.31. The van der Waals surface area contributed by atoms with E-state index in [9.17, 15) is 18.3 Å². The number of fused-ring (bicyclic) bond motifs is 1. The van der Waals surface area contributed by atoms with E-state index < -0.39 is 12.5 Å². The molecule has 0 radical (unpaired) electrons. The molecule has 1 unspecified atom stereocenters. The Labute approximate surface area is 165 Å². The maximum absolute atomic E-state index is 12.4. The first-order valence-electron chi connectivity index (χ1n) is 8.87. The second-order valence-electron chi connectivity index (χ2n) is 6.55. The zero-order valence-corrected chi connectivity index (χ0v) is 15.1. The fourth-order valence-corrected chi connectivity index (χ4v) is 3.29. The Morgan fingerprint density at radius 1 is 0.862 bits per heavy atom. The lowest BCUT2D eigenvalue weighted by molar-refractivity contribution is -0.274. The molecule has 0 aliphatic heterocycles. The van der Waals surface area contributed by atoms with Gasteiger partial charge in [-0.1, -0.05) is 42.5 Å². The minimum absolute atomic E-state index is 0.334. The Morgan fingerprint density at radius 3 is 2.17 bits per heavy atom. The first-order valence-corrected chi connectivity index (χ1v) is 8.87. The minimum Gasteiger partial charge on any atom is -0.406 e. The topological polar surface area (TPSA) is 42.4 Å². The Kier molecular flexibility index (Phi) is 4.94. The van der Waals surface area contributed by atoms with Gasteiger partial charge in [-0.2, -0.15) is 0 Å². The number of alkyl halides is 3. The second kappa shape index (κ2) is 7.56. The van der Waals surface area contributed by atoms with Crippen LogP contribution in [-0.4, -0.2) is 16.5 Å². The maximum Gasteiger partial charge on any atom is 0.573 e. The van der Waals surface area contributed by atoms with Gasteiger partial charge in [0.15, 0.2) is 0 Å². The largest absolute Gasteiger partial charge is 0.573 e. The van der Waals surface area contributed by atoms with Crippen LogP contribution in [0.1, 0.15) is 17.2 Å². The number of aromatic nitrogens is 1. The van der Waals surface area contributed by atoms with Crippen molar-refractivity contribution in [3.63, 3.8) is 0 Å². The first kappa shape index (κ1) is 19.0. The van der Waals surface area contributed by atoms with Crippen LogP contribution in [0.4, 0.5) is 13.2 Å². The van der Waals surface area contributed by atoms with Crippen LogP contribution in [0.5, 0.6) is 5.75 Å². The van der Waals surface area contributed by atoms with Gasteiger partial charge in [0.2, 0.25) is 0 Å². The van der Waals surface area contributed by atoms with Crippen LogP contribution in [0.2, 0.25) is 0 Å². The van der Waals surface area contributed by atoms with Gasteiger partial charge in [-0.3, -0.25) is 4.98 Å². The van der Waals surface area contributed by atoms with Gasteiger partial charge < -0.3 is 9.84 Å². The molecule has 1 aromatic heterocycles. The molecule has 0 saturated carbocycles. The van der Waals surface area contributed by atoms with Gasteiger partial charge in [0, 0.05) is 18.0 Å². The van der Waals surface area contributed by atoms with Crippen LogP contribution in [0.3, 0.4) is 0 Å². The molecule has 29 heavy (non-hydrogen) atoms. The molecule has 0 saturated heterocycles. The lowest BCUT2D eigenvalue weighted by Gasteiger charge is -2.18. The predicted octanol–water partition coefficient (Wildman–Crippen LogP) is 5.88. The van der Waals surface area contributed by atoms with Crippen molar-refractivity contribution in [3.8, 4) is 16.9 Å². The molecule has 3 nitrogen and oxygen atoms in total. The molecule has 4 aromatic rings. The average Bonchev–Trinajstić information content (AvgIpc) is 2.72. The third-order valence-corrected chi connectivity index (χ3v) is 4.61. The van der Waals surface area contributed by atoms with E-state index >= 15 is 0 Å². The van der Waals surface area contributed by atoms with E-state index in [4.69, 9.17) is 0 Å². The molecule has 1 heterocycles. The number of rotatable bonds is 4. The molecule has 1 atom stereocenters. The number of pyridine rings is 1. The van der Waals surface area contributed by atoms with Crippen molar-refractivity contribution < 1.29 is 23.0 Å². The summed E-state index contributed by atoms with van der Waals surface area (Å²) in [7, 11) is 0. The SMILES string of the molecule is OC(c1ccc(OC(F)(F)F)cc1)c1cc2ccccc2cc1-c1cccnc1. The Hall–Kier alpha value is -3.38. The van der Waals surface area contributed by atoms with Crippen molar-refractivity contribution in [1.82, 2.24) is 4.98 Å². The molecule has 1 N–H and O–H groups in total. The van der Waals surface area contributed by atoms with E-state index in [0.717, 1.165) is 21.9 Å². The van der Waals surface area contributed by atoms with E-state index in [2.05, 4.69) is 9.72 Å². The molecule has 0 aliphatic rings. The molecule has 4 rings (SSSR count). The van der Waals surface area contributed by atoms with Gasteiger partial charge in [-0.05, 0) is 57.8 Å². The molecule has 146 valence electrons.